The predicted octanol–water partition coefficient (Wildman–Crippen LogP) is 1.55. The lowest BCUT2D eigenvalue weighted by Gasteiger charge is -1.94. The Morgan fingerprint density at radius 1 is 1.45 bits per heavy atom. The van der Waals surface area contributed by atoms with Crippen LogP contribution in [0.3, 0.4) is 0 Å². The highest BCUT2D eigenvalue weighted by atomic mass is 32.1. The molecule has 0 aliphatic carbocycles. The van der Waals surface area contributed by atoms with Gasteiger partial charge in [-0.3, -0.25) is 0 Å². The molecule has 104 valence electrons. The third kappa shape index (κ3) is 2.91. The first-order chi connectivity index (χ1) is 9.85. The summed E-state index contributed by atoms with van der Waals surface area (Å²) in [5, 5.41) is 17.2. The van der Waals surface area contributed by atoms with Gasteiger partial charge in [0.2, 0.25) is 0 Å². The van der Waals surface area contributed by atoms with E-state index in [9.17, 15) is 0 Å². The van der Waals surface area contributed by atoms with Gasteiger partial charge in [-0.2, -0.15) is 4.98 Å². The maximum atomic E-state index is 5.23. The van der Waals surface area contributed by atoms with Gasteiger partial charge in [-0.05, 0) is 18.0 Å². The van der Waals surface area contributed by atoms with Crippen LogP contribution in [0, 0.1) is 0 Å². The first-order valence-electron chi connectivity index (χ1n) is 6.31. The van der Waals surface area contributed by atoms with Crippen LogP contribution in [0.5, 0.6) is 0 Å². The fourth-order valence-corrected chi connectivity index (χ4v) is 2.36. The third-order valence-corrected chi connectivity index (χ3v) is 3.50. The first-order valence-corrected chi connectivity index (χ1v) is 7.19. The summed E-state index contributed by atoms with van der Waals surface area (Å²) in [5.41, 5.74) is 0.897. The van der Waals surface area contributed by atoms with Crippen molar-refractivity contribution in [3.05, 3.63) is 35.2 Å². The highest BCUT2D eigenvalue weighted by Gasteiger charge is 2.10. The first kappa shape index (κ1) is 12.9. The summed E-state index contributed by atoms with van der Waals surface area (Å²) in [7, 11) is 0. The molecule has 8 heteroatoms. The molecular formula is C12H14N6OS. The molecule has 0 amide bonds. The number of thiophene rings is 1. The lowest BCUT2D eigenvalue weighted by Crippen LogP contribution is -2.11. The Hall–Kier alpha value is -2.06. The van der Waals surface area contributed by atoms with Crippen LogP contribution in [0.2, 0.25) is 0 Å². The summed E-state index contributed by atoms with van der Waals surface area (Å²) in [6.07, 6.45) is 1.88. The van der Waals surface area contributed by atoms with E-state index in [1.807, 2.05) is 23.7 Å². The Balaban J connectivity index is 1.67. The van der Waals surface area contributed by atoms with Gasteiger partial charge in [0.1, 0.15) is 6.54 Å². The molecule has 0 aromatic carbocycles. The van der Waals surface area contributed by atoms with Crippen LogP contribution in [0.15, 0.2) is 28.2 Å². The highest BCUT2D eigenvalue weighted by Crippen LogP contribution is 2.22. The van der Waals surface area contributed by atoms with Gasteiger partial charge >= 0.3 is 0 Å². The largest absolute Gasteiger partial charge is 0.333 e. The molecule has 0 bridgehead atoms. The molecule has 0 fully saturated rings. The van der Waals surface area contributed by atoms with Crippen LogP contribution in [0.25, 0.3) is 10.8 Å². The van der Waals surface area contributed by atoms with Gasteiger partial charge in [0.05, 0.1) is 16.8 Å². The molecule has 3 aromatic rings. The van der Waals surface area contributed by atoms with Crippen molar-refractivity contribution in [3.8, 4) is 10.8 Å². The van der Waals surface area contributed by atoms with Gasteiger partial charge in [-0.1, -0.05) is 23.4 Å². The summed E-state index contributed by atoms with van der Waals surface area (Å²) in [6, 6.07) is 3.90. The average Bonchev–Trinajstić information content (AvgIpc) is 3.18. The van der Waals surface area contributed by atoms with Crippen molar-refractivity contribution >= 4 is 11.3 Å². The Kier molecular flexibility index (Phi) is 3.84. The SMILES string of the molecule is CCNCc1cn(Cc2noc(-c3cccs3)n2)nn1. The summed E-state index contributed by atoms with van der Waals surface area (Å²) in [4.78, 5) is 5.32. The molecule has 0 spiro atoms. The van der Waals surface area contributed by atoms with Crippen molar-refractivity contribution in [2.45, 2.75) is 20.0 Å². The maximum absolute atomic E-state index is 5.23. The van der Waals surface area contributed by atoms with Gasteiger partial charge in [0.25, 0.3) is 5.89 Å². The molecular weight excluding hydrogens is 276 g/mol. The molecule has 3 rings (SSSR count). The molecule has 0 atom stereocenters. The molecule has 0 unspecified atom stereocenters. The molecule has 1 N–H and O–H groups in total. The zero-order valence-electron chi connectivity index (χ0n) is 11.0. The van der Waals surface area contributed by atoms with Crippen LogP contribution in [0.1, 0.15) is 18.4 Å². The average molecular weight is 290 g/mol. The number of hydrogen-bond donors (Lipinski definition) is 1. The van der Waals surface area contributed by atoms with E-state index in [0.717, 1.165) is 17.1 Å². The Bertz CT molecular complexity index is 659. The Labute approximate surface area is 119 Å². The van der Waals surface area contributed by atoms with Gasteiger partial charge in [-0.15, -0.1) is 16.4 Å². The van der Waals surface area contributed by atoms with E-state index in [0.29, 0.717) is 24.8 Å². The Morgan fingerprint density at radius 3 is 3.20 bits per heavy atom. The van der Waals surface area contributed by atoms with Crippen LogP contribution in [-0.2, 0) is 13.1 Å². The number of nitrogens with zero attached hydrogens (tertiary/aromatic N) is 5. The van der Waals surface area contributed by atoms with Crippen LogP contribution < -0.4 is 5.32 Å². The maximum Gasteiger partial charge on any atom is 0.268 e. The molecule has 0 aliphatic rings. The quantitative estimate of drug-likeness (QED) is 0.741. The highest BCUT2D eigenvalue weighted by molar-refractivity contribution is 7.13. The minimum absolute atomic E-state index is 0.452. The molecule has 0 radical (unpaired) electrons. The van der Waals surface area contributed by atoms with Crippen molar-refractivity contribution in [2.24, 2.45) is 0 Å². The standard InChI is InChI=1S/C12H14N6OS/c1-2-13-6-9-7-18(17-15-9)8-11-14-12(19-16-11)10-4-3-5-20-10/h3-5,7,13H,2,6,8H2,1H3. The summed E-state index contributed by atoms with van der Waals surface area (Å²) >= 11 is 1.57. The van der Waals surface area contributed by atoms with Crippen molar-refractivity contribution in [1.82, 2.24) is 30.5 Å². The monoisotopic (exact) mass is 290 g/mol. The number of aromatic nitrogens is 5. The number of hydrogen-bond acceptors (Lipinski definition) is 7. The van der Waals surface area contributed by atoms with E-state index in [2.05, 4.69) is 32.7 Å². The normalized spacial score (nSPS) is 11.1. The second-order valence-corrected chi connectivity index (χ2v) is 5.13. The second kappa shape index (κ2) is 5.93. The zero-order chi connectivity index (χ0) is 13.8. The predicted molar refractivity (Wildman–Crippen MR) is 74.1 cm³/mol. The van der Waals surface area contributed by atoms with Gasteiger partial charge in [-0.25, -0.2) is 4.68 Å². The van der Waals surface area contributed by atoms with Crippen molar-refractivity contribution in [2.75, 3.05) is 6.54 Å². The summed E-state index contributed by atoms with van der Waals surface area (Å²) in [5.74, 6) is 1.14. The minimum Gasteiger partial charge on any atom is -0.333 e. The molecule has 7 nitrogen and oxygen atoms in total. The van der Waals surface area contributed by atoms with E-state index < -0.39 is 0 Å². The van der Waals surface area contributed by atoms with Crippen LogP contribution >= 0.6 is 11.3 Å². The van der Waals surface area contributed by atoms with Gasteiger partial charge in [0, 0.05) is 6.54 Å². The molecule has 0 saturated heterocycles. The van der Waals surface area contributed by atoms with E-state index in [-0.39, 0.29) is 0 Å². The van der Waals surface area contributed by atoms with E-state index in [4.69, 9.17) is 4.52 Å². The van der Waals surface area contributed by atoms with Gasteiger partial charge < -0.3 is 9.84 Å². The van der Waals surface area contributed by atoms with Crippen molar-refractivity contribution in [3.63, 3.8) is 0 Å². The molecule has 3 aromatic heterocycles. The molecule has 0 aliphatic heterocycles. The third-order valence-electron chi connectivity index (χ3n) is 2.65. The fourth-order valence-electron chi connectivity index (χ4n) is 1.71. The second-order valence-electron chi connectivity index (χ2n) is 4.18. The van der Waals surface area contributed by atoms with Crippen LogP contribution in [-0.4, -0.2) is 31.7 Å². The zero-order valence-corrected chi connectivity index (χ0v) is 11.8. The molecule has 0 saturated carbocycles. The topological polar surface area (TPSA) is 81.7 Å². The minimum atomic E-state index is 0.452. The van der Waals surface area contributed by atoms with Crippen molar-refractivity contribution < 1.29 is 4.52 Å². The lowest BCUT2D eigenvalue weighted by atomic mass is 10.4. The number of nitrogens with one attached hydrogen (secondary N) is 1. The van der Waals surface area contributed by atoms with Crippen molar-refractivity contribution in [1.29, 1.82) is 0 Å². The van der Waals surface area contributed by atoms with Gasteiger partial charge in [0.15, 0.2) is 5.82 Å². The fraction of sp³-hybridized carbons (Fsp3) is 0.333. The molecule has 20 heavy (non-hydrogen) atoms. The Morgan fingerprint density at radius 2 is 2.40 bits per heavy atom. The summed E-state index contributed by atoms with van der Waals surface area (Å²) < 4.78 is 6.93. The van der Waals surface area contributed by atoms with Crippen LogP contribution in [0.4, 0.5) is 0 Å². The summed E-state index contributed by atoms with van der Waals surface area (Å²) in [6.45, 7) is 4.12. The lowest BCUT2D eigenvalue weighted by molar-refractivity contribution is 0.419. The number of rotatable bonds is 6. The molecule has 3 heterocycles. The van der Waals surface area contributed by atoms with E-state index >= 15 is 0 Å². The van der Waals surface area contributed by atoms with E-state index in [1.165, 1.54) is 0 Å². The van der Waals surface area contributed by atoms with E-state index in [1.54, 1.807) is 16.0 Å². The smallest absolute Gasteiger partial charge is 0.268 e.